The van der Waals surface area contributed by atoms with Crippen molar-refractivity contribution in [2.45, 2.75) is 12.6 Å². The summed E-state index contributed by atoms with van der Waals surface area (Å²) in [6, 6.07) is 18.4. The molecule has 4 aromatic rings. The first-order valence-corrected chi connectivity index (χ1v) is 10.1. The quantitative estimate of drug-likeness (QED) is 0.426. The van der Waals surface area contributed by atoms with Gasteiger partial charge in [-0.2, -0.15) is 13.2 Å². The SMILES string of the molecule is O=C(NCCc1cccc(F)c1)c1cc2ccccc2n(-c2cccc(C(F)(F)F)c2)c1=O. The molecule has 4 nitrogen and oxygen atoms in total. The van der Waals surface area contributed by atoms with Crippen molar-refractivity contribution < 1.29 is 22.4 Å². The van der Waals surface area contributed by atoms with Crippen molar-refractivity contribution in [1.29, 1.82) is 0 Å². The van der Waals surface area contributed by atoms with E-state index < -0.39 is 29.0 Å². The number of alkyl halides is 3. The fourth-order valence-electron chi connectivity index (χ4n) is 3.61. The van der Waals surface area contributed by atoms with E-state index in [-0.39, 0.29) is 17.8 Å². The molecule has 0 aliphatic heterocycles. The van der Waals surface area contributed by atoms with Gasteiger partial charge in [0.1, 0.15) is 11.4 Å². The van der Waals surface area contributed by atoms with Crippen LogP contribution in [-0.4, -0.2) is 17.0 Å². The minimum absolute atomic E-state index is 0.000403. The van der Waals surface area contributed by atoms with Crippen LogP contribution >= 0.6 is 0 Å². The van der Waals surface area contributed by atoms with Gasteiger partial charge in [0, 0.05) is 12.2 Å². The topological polar surface area (TPSA) is 51.1 Å². The molecule has 3 aromatic carbocycles. The van der Waals surface area contributed by atoms with Gasteiger partial charge in [-0.3, -0.25) is 14.2 Å². The molecular weight excluding hydrogens is 436 g/mol. The maximum absolute atomic E-state index is 13.3. The normalized spacial score (nSPS) is 11.5. The summed E-state index contributed by atoms with van der Waals surface area (Å²) in [5, 5.41) is 3.15. The number of hydrogen-bond donors (Lipinski definition) is 1. The maximum Gasteiger partial charge on any atom is 0.416 e. The molecule has 0 aliphatic rings. The van der Waals surface area contributed by atoms with E-state index in [0.717, 1.165) is 16.7 Å². The molecule has 0 atom stereocenters. The van der Waals surface area contributed by atoms with Crippen LogP contribution in [-0.2, 0) is 12.6 Å². The van der Waals surface area contributed by atoms with Gasteiger partial charge in [-0.05, 0) is 59.8 Å². The third kappa shape index (κ3) is 4.79. The summed E-state index contributed by atoms with van der Waals surface area (Å²) in [5.41, 5.74) is -0.795. The molecule has 1 aromatic heterocycles. The van der Waals surface area contributed by atoms with Gasteiger partial charge >= 0.3 is 6.18 Å². The van der Waals surface area contributed by atoms with Crippen molar-refractivity contribution in [1.82, 2.24) is 9.88 Å². The molecule has 33 heavy (non-hydrogen) atoms. The highest BCUT2D eigenvalue weighted by molar-refractivity contribution is 5.97. The van der Waals surface area contributed by atoms with E-state index in [4.69, 9.17) is 0 Å². The van der Waals surface area contributed by atoms with Gasteiger partial charge in [0.15, 0.2) is 0 Å². The first-order chi connectivity index (χ1) is 15.7. The predicted molar refractivity (Wildman–Crippen MR) is 117 cm³/mol. The Morgan fingerprint density at radius 3 is 2.42 bits per heavy atom. The molecule has 0 spiro atoms. The first kappa shape index (κ1) is 22.3. The molecule has 0 bridgehead atoms. The highest BCUT2D eigenvalue weighted by atomic mass is 19.4. The van der Waals surface area contributed by atoms with Crippen molar-refractivity contribution in [3.63, 3.8) is 0 Å². The summed E-state index contributed by atoms with van der Waals surface area (Å²) in [5.74, 6) is -1.06. The van der Waals surface area contributed by atoms with E-state index in [9.17, 15) is 27.2 Å². The average Bonchev–Trinajstić information content (AvgIpc) is 2.78. The summed E-state index contributed by atoms with van der Waals surface area (Å²) in [6.45, 7) is 0.151. The number of pyridine rings is 1. The molecule has 168 valence electrons. The number of hydrogen-bond acceptors (Lipinski definition) is 2. The molecule has 0 saturated heterocycles. The number of para-hydroxylation sites is 1. The van der Waals surface area contributed by atoms with Gasteiger partial charge in [-0.1, -0.05) is 36.4 Å². The van der Waals surface area contributed by atoms with Gasteiger partial charge in [0.2, 0.25) is 0 Å². The molecule has 1 amide bonds. The van der Waals surface area contributed by atoms with Gasteiger partial charge in [0.25, 0.3) is 11.5 Å². The lowest BCUT2D eigenvalue weighted by Crippen LogP contribution is -2.33. The lowest BCUT2D eigenvalue weighted by Gasteiger charge is -2.15. The minimum atomic E-state index is -4.58. The number of amides is 1. The van der Waals surface area contributed by atoms with Crippen LogP contribution in [0.2, 0.25) is 0 Å². The van der Waals surface area contributed by atoms with Gasteiger partial charge < -0.3 is 5.32 Å². The molecule has 0 radical (unpaired) electrons. The molecule has 0 fully saturated rings. The van der Waals surface area contributed by atoms with E-state index in [1.165, 1.54) is 30.3 Å². The second-order valence-corrected chi connectivity index (χ2v) is 7.44. The fraction of sp³-hybridized carbons (Fsp3) is 0.120. The number of carbonyl (C=O) groups excluding carboxylic acids is 1. The van der Waals surface area contributed by atoms with Crippen LogP contribution in [0.3, 0.4) is 0 Å². The lowest BCUT2D eigenvalue weighted by atomic mass is 10.1. The molecular formula is C25H18F4N2O2. The molecule has 4 rings (SSSR count). The van der Waals surface area contributed by atoms with Crippen molar-refractivity contribution >= 4 is 16.8 Å². The predicted octanol–water partition coefficient (Wildman–Crippen LogP) is 5.12. The maximum atomic E-state index is 13.3. The number of aromatic nitrogens is 1. The Hall–Kier alpha value is -3.94. The third-order valence-electron chi connectivity index (χ3n) is 5.18. The van der Waals surface area contributed by atoms with Crippen LogP contribution in [0.15, 0.2) is 83.7 Å². The number of rotatable bonds is 5. The molecule has 1 N–H and O–H groups in total. The average molecular weight is 454 g/mol. The second kappa shape index (κ2) is 8.90. The number of carbonyl (C=O) groups is 1. The van der Waals surface area contributed by atoms with Crippen LogP contribution in [0.4, 0.5) is 17.6 Å². The Kier molecular flexibility index (Phi) is 6.00. The fourth-order valence-corrected chi connectivity index (χ4v) is 3.61. The summed E-state index contributed by atoms with van der Waals surface area (Å²) >= 11 is 0. The monoisotopic (exact) mass is 454 g/mol. The van der Waals surface area contributed by atoms with Crippen LogP contribution in [0.5, 0.6) is 0 Å². The Morgan fingerprint density at radius 1 is 0.909 bits per heavy atom. The zero-order chi connectivity index (χ0) is 23.6. The summed E-state index contributed by atoms with van der Waals surface area (Å²) in [7, 11) is 0. The van der Waals surface area contributed by atoms with Crippen LogP contribution < -0.4 is 10.9 Å². The number of halogens is 4. The highest BCUT2D eigenvalue weighted by Crippen LogP contribution is 2.30. The van der Waals surface area contributed by atoms with E-state index >= 15 is 0 Å². The molecule has 1 heterocycles. The van der Waals surface area contributed by atoms with Crippen molar-refractivity contribution in [2.24, 2.45) is 0 Å². The molecule has 8 heteroatoms. The van der Waals surface area contributed by atoms with Crippen LogP contribution in [0.1, 0.15) is 21.5 Å². The van der Waals surface area contributed by atoms with Crippen molar-refractivity contribution in [3.05, 3.63) is 112 Å². The number of fused-ring (bicyclic) bond motifs is 1. The lowest BCUT2D eigenvalue weighted by molar-refractivity contribution is -0.137. The Balaban J connectivity index is 1.71. The van der Waals surface area contributed by atoms with Crippen molar-refractivity contribution in [3.8, 4) is 5.69 Å². The molecule has 0 aliphatic carbocycles. The minimum Gasteiger partial charge on any atom is -0.352 e. The Labute approximate surface area is 186 Å². The van der Waals surface area contributed by atoms with Gasteiger partial charge in [0.05, 0.1) is 11.1 Å². The van der Waals surface area contributed by atoms with E-state index in [2.05, 4.69) is 5.32 Å². The number of benzene rings is 3. The summed E-state index contributed by atoms with van der Waals surface area (Å²) < 4.78 is 54.1. The van der Waals surface area contributed by atoms with Gasteiger partial charge in [-0.15, -0.1) is 0 Å². The number of nitrogens with zero attached hydrogens (tertiary/aromatic N) is 1. The standard InChI is InChI=1S/C25H18F4N2O2/c26-19-8-3-5-16(13-19)11-12-30-23(32)21-14-17-6-1-2-10-22(17)31(24(21)33)20-9-4-7-18(15-20)25(27,28)29/h1-10,13-15H,11-12H2,(H,30,32). The summed E-state index contributed by atoms with van der Waals surface area (Å²) in [4.78, 5) is 26.0. The second-order valence-electron chi connectivity index (χ2n) is 7.44. The summed E-state index contributed by atoms with van der Waals surface area (Å²) in [6.07, 6.45) is -4.24. The third-order valence-corrected chi connectivity index (χ3v) is 5.18. The molecule has 0 unspecified atom stereocenters. The zero-order valence-corrected chi connectivity index (χ0v) is 17.2. The van der Waals surface area contributed by atoms with E-state index in [1.807, 2.05) is 0 Å². The Morgan fingerprint density at radius 2 is 1.67 bits per heavy atom. The zero-order valence-electron chi connectivity index (χ0n) is 17.2. The van der Waals surface area contributed by atoms with E-state index in [0.29, 0.717) is 22.9 Å². The largest absolute Gasteiger partial charge is 0.416 e. The smallest absolute Gasteiger partial charge is 0.352 e. The highest BCUT2D eigenvalue weighted by Gasteiger charge is 2.30. The Bertz CT molecular complexity index is 1390. The molecule has 0 saturated carbocycles. The van der Waals surface area contributed by atoms with E-state index in [1.54, 1.807) is 36.4 Å². The number of nitrogens with one attached hydrogen (secondary N) is 1. The van der Waals surface area contributed by atoms with Gasteiger partial charge in [-0.25, -0.2) is 4.39 Å². The van der Waals surface area contributed by atoms with Crippen LogP contribution in [0.25, 0.3) is 16.6 Å². The van der Waals surface area contributed by atoms with Crippen LogP contribution in [0, 0.1) is 5.82 Å². The first-order valence-electron chi connectivity index (χ1n) is 10.1. The van der Waals surface area contributed by atoms with Crippen molar-refractivity contribution in [2.75, 3.05) is 6.54 Å².